The number of alkyl carbamates (subject to hydrolysis) is 1. The Balaban J connectivity index is 2.49. The minimum atomic E-state index is -1.43. The fourth-order valence-corrected chi connectivity index (χ4v) is 4.37. The highest BCUT2D eigenvalue weighted by Crippen LogP contribution is 2.27. The van der Waals surface area contributed by atoms with Crippen molar-refractivity contribution >= 4 is 23.8 Å². The summed E-state index contributed by atoms with van der Waals surface area (Å²) in [5.74, 6) is 0.454. The van der Waals surface area contributed by atoms with Gasteiger partial charge in [0.25, 0.3) is 0 Å². The molecular formula is C27H38N4O6. The zero-order valence-corrected chi connectivity index (χ0v) is 21.8. The van der Waals surface area contributed by atoms with Crippen molar-refractivity contribution < 1.29 is 29.0 Å². The number of nitrogens with zero attached hydrogens (tertiary/aromatic N) is 1. The summed E-state index contributed by atoms with van der Waals surface area (Å²) in [6.45, 7) is 4.21. The highest BCUT2D eigenvalue weighted by molar-refractivity contribution is 5.94. The number of nitrogens with one attached hydrogen (secondary N) is 2. The molecule has 1 aliphatic carbocycles. The fourth-order valence-electron chi connectivity index (χ4n) is 4.37. The number of aliphatic hydroxyl groups excluding tert-OH is 1. The van der Waals surface area contributed by atoms with Crippen LogP contribution in [0.4, 0.5) is 4.79 Å². The molecule has 5 N–H and O–H groups in total. The van der Waals surface area contributed by atoms with Crippen molar-refractivity contribution in [1.82, 2.24) is 15.5 Å². The molecule has 1 aromatic rings. The van der Waals surface area contributed by atoms with Crippen molar-refractivity contribution in [3.05, 3.63) is 35.4 Å². The molecule has 2 rings (SSSR count). The zero-order chi connectivity index (χ0) is 27.6. The monoisotopic (exact) mass is 514 g/mol. The van der Waals surface area contributed by atoms with Crippen molar-refractivity contribution in [2.24, 2.45) is 5.73 Å². The van der Waals surface area contributed by atoms with Crippen molar-refractivity contribution in [3.8, 4) is 12.3 Å². The Labute approximate surface area is 218 Å². The van der Waals surface area contributed by atoms with Crippen LogP contribution < -0.4 is 16.4 Å². The molecule has 0 aromatic heterocycles. The van der Waals surface area contributed by atoms with E-state index in [-0.39, 0.29) is 12.6 Å². The molecule has 10 heteroatoms. The van der Waals surface area contributed by atoms with Crippen LogP contribution in [0.3, 0.4) is 0 Å². The number of rotatable bonds is 10. The number of terminal acetylenes is 1. The minimum absolute atomic E-state index is 0.0610. The SMILES string of the molecule is C#Cc1ccccc1C(C(=O)NC1CCCCC1)N(CCO)C(=O)C(CC(N)=O)NC(=O)OC(C)(C)C. The molecule has 1 aliphatic rings. The van der Waals surface area contributed by atoms with E-state index in [0.29, 0.717) is 11.1 Å². The first-order chi connectivity index (χ1) is 17.5. The molecule has 0 aliphatic heterocycles. The maximum Gasteiger partial charge on any atom is 0.408 e. The quantitative estimate of drug-likeness (QED) is 0.349. The summed E-state index contributed by atoms with van der Waals surface area (Å²) in [7, 11) is 0. The van der Waals surface area contributed by atoms with E-state index in [4.69, 9.17) is 16.9 Å². The third kappa shape index (κ3) is 9.10. The molecule has 37 heavy (non-hydrogen) atoms. The summed E-state index contributed by atoms with van der Waals surface area (Å²) in [5.41, 5.74) is 5.29. The van der Waals surface area contributed by atoms with E-state index in [2.05, 4.69) is 16.6 Å². The van der Waals surface area contributed by atoms with Gasteiger partial charge in [-0.15, -0.1) is 6.42 Å². The Kier molecular flexibility index (Phi) is 10.9. The molecule has 4 amide bonds. The summed E-state index contributed by atoms with van der Waals surface area (Å²) in [6, 6.07) is 3.99. The highest BCUT2D eigenvalue weighted by Gasteiger charge is 2.38. The summed E-state index contributed by atoms with van der Waals surface area (Å²) >= 11 is 0. The molecule has 1 saturated carbocycles. The first-order valence-corrected chi connectivity index (χ1v) is 12.5. The summed E-state index contributed by atoms with van der Waals surface area (Å²) in [5, 5.41) is 15.3. The molecule has 2 atom stereocenters. The summed E-state index contributed by atoms with van der Waals surface area (Å²) < 4.78 is 5.24. The molecule has 0 saturated heterocycles. The van der Waals surface area contributed by atoms with Crippen LogP contribution in [0.2, 0.25) is 0 Å². The second kappa shape index (κ2) is 13.7. The maximum atomic E-state index is 13.8. The predicted octanol–water partition coefficient (Wildman–Crippen LogP) is 1.75. The lowest BCUT2D eigenvalue weighted by molar-refractivity contribution is -0.144. The van der Waals surface area contributed by atoms with Crippen molar-refractivity contribution in [3.63, 3.8) is 0 Å². The Morgan fingerprint density at radius 1 is 1.19 bits per heavy atom. The molecule has 0 spiro atoms. The summed E-state index contributed by atoms with van der Waals surface area (Å²) in [4.78, 5) is 52.9. The van der Waals surface area contributed by atoms with Gasteiger partial charge in [0, 0.05) is 18.2 Å². The molecule has 0 bridgehead atoms. The largest absolute Gasteiger partial charge is 0.444 e. The van der Waals surface area contributed by atoms with Gasteiger partial charge < -0.3 is 31.1 Å². The van der Waals surface area contributed by atoms with Crippen LogP contribution in [0.5, 0.6) is 0 Å². The van der Waals surface area contributed by atoms with Gasteiger partial charge >= 0.3 is 6.09 Å². The first kappa shape index (κ1) is 29.6. The smallest absolute Gasteiger partial charge is 0.408 e. The van der Waals surface area contributed by atoms with Crippen LogP contribution in [0.15, 0.2) is 24.3 Å². The average molecular weight is 515 g/mol. The molecule has 0 heterocycles. The van der Waals surface area contributed by atoms with Crippen molar-refractivity contribution in [1.29, 1.82) is 0 Å². The first-order valence-electron chi connectivity index (χ1n) is 12.5. The Hall–Kier alpha value is -3.58. The second-order valence-electron chi connectivity index (χ2n) is 10.1. The van der Waals surface area contributed by atoms with Crippen LogP contribution in [-0.4, -0.2) is 64.7 Å². The van der Waals surface area contributed by atoms with E-state index in [1.807, 2.05) is 0 Å². The Morgan fingerprint density at radius 3 is 2.41 bits per heavy atom. The number of hydrogen-bond donors (Lipinski definition) is 4. The van der Waals surface area contributed by atoms with Gasteiger partial charge in [0.05, 0.1) is 13.0 Å². The van der Waals surface area contributed by atoms with Crippen molar-refractivity contribution in [2.75, 3.05) is 13.2 Å². The minimum Gasteiger partial charge on any atom is -0.444 e. The van der Waals surface area contributed by atoms with Gasteiger partial charge in [-0.2, -0.15) is 0 Å². The lowest BCUT2D eigenvalue weighted by Gasteiger charge is -2.35. The van der Waals surface area contributed by atoms with Gasteiger partial charge in [0.2, 0.25) is 17.7 Å². The number of primary amides is 1. The molecule has 202 valence electrons. The van der Waals surface area contributed by atoms with E-state index in [9.17, 15) is 24.3 Å². The second-order valence-corrected chi connectivity index (χ2v) is 10.1. The predicted molar refractivity (Wildman–Crippen MR) is 138 cm³/mol. The fraction of sp³-hybridized carbons (Fsp3) is 0.556. The highest BCUT2D eigenvalue weighted by atomic mass is 16.6. The van der Waals surface area contributed by atoms with Gasteiger partial charge in [0.1, 0.15) is 17.7 Å². The van der Waals surface area contributed by atoms with Gasteiger partial charge in [0.15, 0.2) is 0 Å². The van der Waals surface area contributed by atoms with Crippen LogP contribution in [-0.2, 0) is 19.1 Å². The van der Waals surface area contributed by atoms with Crippen LogP contribution >= 0.6 is 0 Å². The molecule has 1 fully saturated rings. The van der Waals surface area contributed by atoms with E-state index >= 15 is 0 Å². The number of amides is 4. The van der Waals surface area contributed by atoms with E-state index in [0.717, 1.165) is 37.0 Å². The van der Waals surface area contributed by atoms with Gasteiger partial charge in [-0.25, -0.2) is 4.79 Å². The summed E-state index contributed by atoms with van der Waals surface area (Å²) in [6.07, 6.45) is 8.93. The van der Waals surface area contributed by atoms with Gasteiger partial charge in [-0.3, -0.25) is 14.4 Å². The third-order valence-electron chi connectivity index (χ3n) is 5.94. The van der Waals surface area contributed by atoms with E-state index in [1.54, 1.807) is 45.0 Å². The Bertz CT molecular complexity index is 1010. The normalized spacial score (nSPS) is 15.5. The van der Waals surface area contributed by atoms with Crippen LogP contribution in [0.1, 0.15) is 76.5 Å². The number of hydrogen-bond acceptors (Lipinski definition) is 6. The molecular weight excluding hydrogens is 476 g/mol. The molecule has 0 radical (unpaired) electrons. The lowest BCUT2D eigenvalue weighted by atomic mass is 9.93. The maximum absolute atomic E-state index is 13.8. The topological polar surface area (TPSA) is 151 Å². The number of aliphatic hydroxyl groups is 1. The van der Waals surface area contributed by atoms with Crippen LogP contribution in [0.25, 0.3) is 0 Å². The van der Waals surface area contributed by atoms with Gasteiger partial charge in [-0.05, 0) is 45.2 Å². The number of nitrogens with two attached hydrogens (primary N) is 1. The Morgan fingerprint density at radius 2 is 1.84 bits per heavy atom. The number of carbonyl (C=O) groups excluding carboxylic acids is 4. The van der Waals surface area contributed by atoms with E-state index < -0.39 is 54.5 Å². The van der Waals surface area contributed by atoms with E-state index in [1.165, 1.54) is 0 Å². The number of carbonyl (C=O) groups is 4. The molecule has 2 unspecified atom stereocenters. The standard InChI is InChI=1S/C27H38N4O6/c1-5-18-11-9-10-14-20(18)23(24(34)29-19-12-7-6-8-13-19)31(15-16-32)25(35)21(17-22(28)33)30-26(36)37-27(2,3)4/h1,9-11,14,19,21,23,32H,6-8,12-13,15-17H2,2-4H3,(H2,28,33)(H,29,34)(H,30,36). The van der Waals surface area contributed by atoms with Gasteiger partial charge in [-0.1, -0.05) is 43.4 Å². The molecule has 10 nitrogen and oxygen atoms in total. The third-order valence-corrected chi connectivity index (χ3v) is 5.94. The zero-order valence-electron chi connectivity index (χ0n) is 21.8. The average Bonchev–Trinajstić information content (AvgIpc) is 2.82. The van der Waals surface area contributed by atoms with Crippen LogP contribution in [0, 0.1) is 12.3 Å². The van der Waals surface area contributed by atoms with Crippen molar-refractivity contribution in [2.45, 2.75) is 83.0 Å². The number of benzene rings is 1. The molecule has 1 aromatic carbocycles. The lowest BCUT2D eigenvalue weighted by Crippen LogP contribution is -2.55. The number of ether oxygens (including phenoxy) is 1.